The van der Waals surface area contributed by atoms with E-state index in [4.69, 9.17) is 0 Å². The van der Waals surface area contributed by atoms with E-state index in [9.17, 15) is 9.59 Å². The molecule has 54 valence electrons. The smallest absolute Gasteiger partial charge is 0.127 e. The zero-order chi connectivity index (χ0) is 8.04. The molecule has 0 spiro atoms. The van der Waals surface area contributed by atoms with E-state index in [2.05, 4.69) is 6.58 Å². The van der Waals surface area contributed by atoms with Gasteiger partial charge in [0.25, 0.3) is 0 Å². The topological polar surface area (TPSA) is 34.1 Å². The molecule has 0 aromatic rings. The standard InChI is InChI=1S/C7H10O2Si/c1-2-3-7(10,6-9)4-5-8/h2,4,6H,1,3H2,10H3. The molecule has 10 heavy (non-hydrogen) atoms. The van der Waals surface area contributed by atoms with Crippen LogP contribution in [0.2, 0.25) is 5.04 Å². The molecule has 0 aromatic heterocycles. The second-order valence-electron chi connectivity index (χ2n) is 2.38. The van der Waals surface area contributed by atoms with Crippen LogP contribution in [0, 0.1) is 0 Å². The number of hydrogen-bond donors (Lipinski definition) is 0. The Morgan fingerprint density at radius 1 is 1.70 bits per heavy atom. The molecule has 2 nitrogen and oxygen atoms in total. The molecular formula is C7H10O2Si. The predicted octanol–water partition coefficient (Wildman–Crippen LogP) is -0.327. The third-order valence-electron chi connectivity index (χ3n) is 1.24. The van der Waals surface area contributed by atoms with Crippen molar-refractivity contribution in [1.29, 1.82) is 0 Å². The first-order valence-corrected chi connectivity index (χ1v) is 3.98. The molecule has 0 fully saturated rings. The van der Waals surface area contributed by atoms with Crippen molar-refractivity contribution in [3.8, 4) is 0 Å². The molecular weight excluding hydrogens is 144 g/mol. The molecule has 0 aliphatic carbocycles. The van der Waals surface area contributed by atoms with Gasteiger partial charge in [0.05, 0.1) is 0 Å². The van der Waals surface area contributed by atoms with Crippen LogP contribution in [-0.4, -0.2) is 22.5 Å². The quantitative estimate of drug-likeness (QED) is 0.240. The zero-order valence-electron chi connectivity index (χ0n) is 5.96. The van der Waals surface area contributed by atoms with Crippen LogP contribution >= 0.6 is 0 Å². The molecule has 1 unspecified atom stereocenters. The lowest BCUT2D eigenvalue weighted by molar-refractivity contribution is -0.109. The minimum Gasteiger partial charge on any atom is -0.303 e. The summed E-state index contributed by atoms with van der Waals surface area (Å²) in [5.41, 5.74) is 0. The summed E-state index contributed by atoms with van der Waals surface area (Å²) in [5.74, 6) is 1.62. The van der Waals surface area contributed by atoms with Crippen LogP contribution in [-0.2, 0) is 9.59 Å². The van der Waals surface area contributed by atoms with Gasteiger partial charge in [0.1, 0.15) is 12.2 Å². The van der Waals surface area contributed by atoms with Crippen molar-refractivity contribution < 1.29 is 9.59 Å². The van der Waals surface area contributed by atoms with E-state index < -0.39 is 5.04 Å². The van der Waals surface area contributed by atoms with Gasteiger partial charge in [-0.2, -0.15) is 0 Å². The van der Waals surface area contributed by atoms with Gasteiger partial charge in [-0.15, -0.1) is 6.58 Å². The van der Waals surface area contributed by atoms with Gasteiger partial charge in [0, 0.05) is 21.4 Å². The molecule has 1 atom stereocenters. The van der Waals surface area contributed by atoms with Crippen molar-refractivity contribution in [1.82, 2.24) is 0 Å². The van der Waals surface area contributed by atoms with Crippen molar-refractivity contribution in [2.75, 3.05) is 0 Å². The molecule has 0 aromatic carbocycles. The van der Waals surface area contributed by atoms with Crippen molar-refractivity contribution in [3.05, 3.63) is 18.7 Å². The number of allylic oxidation sites excluding steroid dienone is 2. The van der Waals surface area contributed by atoms with Crippen LogP contribution in [0.15, 0.2) is 18.7 Å². The Hall–Kier alpha value is -0.923. The fourth-order valence-electron chi connectivity index (χ4n) is 0.587. The Morgan fingerprint density at radius 3 is 2.60 bits per heavy atom. The Bertz CT molecular complexity index is 182. The first-order valence-electron chi connectivity index (χ1n) is 2.98. The zero-order valence-corrected chi connectivity index (χ0v) is 7.96. The Kier molecular flexibility index (Phi) is 3.62. The second kappa shape index (κ2) is 3.98. The molecule has 0 rings (SSSR count). The highest BCUT2D eigenvalue weighted by Crippen LogP contribution is 2.23. The van der Waals surface area contributed by atoms with Crippen molar-refractivity contribution in [2.24, 2.45) is 0 Å². The lowest BCUT2D eigenvalue weighted by atomic mass is 10.1. The van der Waals surface area contributed by atoms with E-state index in [0.29, 0.717) is 16.7 Å². The SMILES string of the molecule is C=CCC([SiH3])(C=O)C=C=O. The third kappa shape index (κ3) is 2.57. The third-order valence-corrected chi connectivity index (χ3v) is 2.17. The maximum Gasteiger partial charge on any atom is 0.127 e. The molecule has 0 radical (unpaired) electrons. The molecule has 0 saturated carbocycles. The summed E-state index contributed by atoms with van der Waals surface area (Å²) in [5, 5.41) is -0.566. The van der Waals surface area contributed by atoms with Gasteiger partial charge in [-0.25, -0.2) is 4.79 Å². The largest absolute Gasteiger partial charge is 0.303 e. The average Bonchev–Trinajstić information content (AvgIpc) is 1.89. The van der Waals surface area contributed by atoms with Gasteiger partial charge >= 0.3 is 0 Å². The Morgan fingerprint density at radius 2 is 2.30 bits per heavy atom. The molecule has 0 aliphatic heterocycles. The second-order valence-corrected chi connectivity index (χ2v) is 4.24. The van der Waals surface area contributed by atoms with Gasteiger partial charge in [0.15, 0.2) is 0 Å². The monoisotopic (exact) mass is 154 g/mol. The molecule has 0 aliphatic rings. The van der Waals surface area contributed by atoms with E-state index >= 15 is 0 Å². The maximum absolute atomic E-state index is 10.4. The normalized spacial score (nSPS) is 14.8. The summed E-state index contributed by atoms with van der Waals surface area (Å²) in [6, 6.07) is 0. The van der Waals surface area contributed by atoms with Crippen LogP contribution in [0.25, 0.3) is 0 Å². The maximum atomic E-state index is 10.4. The first-order chi connectivity index (χ1) is 4.68. The first kappa shape index (κ1) is 9.08. The molecule has 3 heteroatoms. The summed E-state index contributed by atoms with van der Waals surface area (Å²) in [4.78, 5) is 20.3. The highest BCUT2D eigenvalue weighted by molar-refractivity contribution is 6.26. The lowest BCUT2D eigenvalue weighted by Crippen LogP contribution is -2.10. The van der Waals surface area contributed by atoms with Crippen molar-refractivity contribution >= 4 is 22.5 Å². The molecule has 0 saturated heterocycles. The van der Waals surface area contributed by atoms with Gasteiger partial charge in [-0.3, -0.25) is 0 Å². The van der Waals surface area contributed by atoms with Crippen LogP contribution in [0.5, 0.6) is 0 Å². The molecule has 0 bridgehead atoms. The van der Waals surface area contributed by atoms with E-state index in [0.717, 1.165) is 6.29 Å². The van der Waals surface area contributed by atoms with Gasteiger partial charge in [-0.1, -0.05) is 6.08 Å². The van der Waals surface area contributed by atoms with E-state index in [-0.39, 0.29) is 0 Å². The number of carbonyl (C=O) groups excluding carboxylic acids is 2. The minimum atomic E-state index is -0.566. The van der Waals surface area contributed by atoms with E-state index in [1.165, 1.54) is 6.08 Å². The molecule has 0 amide bonds. The number of carbonyl (C=O) groups is 1. The summed E-state index contributed by atoms with van der Waals surface area (Å²) < 4.78 is 0. The lowest BCUT2D eigenvalue weighted by Gasteiger charge is -2.12. The highest BCUT2D eigenvalue weighted by atomic mass is 28.1. The van der Waals surface area contributed by atoms with Crippen LogP contribution in [0.1, 0.15) is 6.42 Å². The van der Waals surface area contributed by atoms with E-state index in [1.54, 1.807) is 12.0 Å². The fourth-order valence-corrected chi connectivity index (χ4v) is 0.993. The molecule has 0 N–H and O–H groups in total. The Balaban J connectivity index is 4.35. The molecule has 0 heterocycles. The van der Waals surface area contributed by atoms with Crippen LogP contribution < -0.4 is 0 Å². The summed E-state index contributed by atoms with van der Waals surface area (Å²) >= 11 is 0. The highest BCUT2D eigenvalue weighted by Gasteiger charge is 2.17. The Labute approximate surface area is 63.0 Å². The average molecular weight is 154 g/mol. The summed E-state index contributed by atoms with van der Waals surface area (Å²) in [6.45, 7) is 3.49. The summed E-state index contributed by atoms with van der Waals surface area (Å²) in [6.07, 6.45) is 4.23. The minimum absolute atomic E-state index is 0.540. The van der Waals surface area contributed by atoms with Crippen LogP contribution in [0.3, 0.4) is 0 Å². The van der Waals surface area contributed by atoms with Gasteiger partial charge in [-0.05, 0) is 6.42 Å². The number of hydrogen-bond acceptors (Lipinski definition) is 2. The number of rotatable bonds is 4. The van der Waals surface area contributed by atoms with Gasteiger partial charge < -0.3 is 4.79 Å². The van der Waals surface area contributed by atoms with Gasteiger partial charge in [0.2, 0.25) is 0 Å². The predicted molar refractivity (Wildman–Crippen MR) is 43.8 cm³/mol. The summed E-state index contributed by atoms with van der Waals surface area (Å²) in [7, 11) is 0.631. The van der Waals surface area contributed by atoms with Crippen LogP contribution in [0.4, 0.5) is 0 Å². The fraction of sp³-hybridized carbons (Fsp3) is 0.286. The number of aldehydes is 1. The van der Waals surface area contributed by atoms with E-state index in [1.807, 2.05) is 0 Å². The van der Waals surface area contributed by atoms with Crippen molar-refractivity contribution in [3.63, 3.8) is 0 Å². The van der Waals surface area contributed by atoms with Crippen molar-refractivity contribution in [2.45, 2.75) is 11.5 Å².